The third-order valence-corrected chi connectivity index (χ3v) is 5.95. The van der Waals surface area contributed by atoms with Crippen molar-refractivity contribution in [3.05, 3.63) is 121 Å². The Balaban J connectivity index is 1.85. The van der Waals surface area contributed by atoms with Crippen LogP contribution in [0.5, 0.6) is 0 Å². The second kappa shape index (κ2) is 9.37. The molecule has 33 heavy (non-hydrogen) atoms. The number of nitrogens with zero attached hydrogens (tertiary/aromatic N) is 2. The van der Waals surface area contributed by atoms with Crippen LogP contribution in [-0.4, -0.2) is 21.7 Å². The van der Waals surface area contributed by atoms with E-state index in [-0.39, 0.29) is 16.8 Å². The van der Waals surface area contributed by atoms with Crippen LogP contribution in [0.15, 0.2) is 96.3 Å². The molecule has 1 amide bonds. The van der Waals surface area contributed by atoms with E-state index >= 15 is 0 Å². The number of aliphatic hydroxyl groups is 1. The molecule has 3 aromatic carbocycles. The molecule has 164 valence electrons. The second-order valence-corrected chi connectivity index (χ2v) is 8.49. The molecule has 8 heteroatoms. The lowest BCUT2D eigenvalue weighted by atomic mass is 9.94. The van der Waals surface area contributed by atoms with Crippen LogP contribution in [0.2, 0.25) is 0 Å². The fourth-order valence-corrected chi connectivity index (χ4v) is 4.09. The number of benzene rings is 3. The second-order valence-electron chi connectivity index (χ2n) is 7.24. The van der Waals surface area contributed by atoms with E-state index in [1.165, 1.54) is 29.2 Å². The van der Waals surface area contributed by atoms with Crippen molar-refractivity contribution in [2.24, 2.45) is 0 Å². The van der Waals surface area contributed by atoms with Crippen LogP contribution in [0.3, 0.4) is 0 Å². The van der Waals surface area contributed by atoms with Gasteiger partial charge < -0.3 is 5.11 Å². The van der Waals surface area contributed by atoms with Crippen molar-refractivity contribution in [2.45, 2.75) is 6.04 Å². The number of nitro benzene ring substituents is 1. The number of amides is 1. The molecule has 0 spiro atoms. The number of anilines is 1. The summed E-state index contributed by atoms with van der Waals surface area (Å²) in [4.78, 5) is 38.7. The van der Waals surface area contributed by atoms with Gasteiger partial charge in [-0.2, -0.15) is 0 Å². The van der Waals surface area contributed by atoms with Crippen molar-refractivity contribution in [3.8, 4) is 0 Å². The summed E-state index contributed by atoms with van der Waals surface area (Å²) in [6.45, 7) is 0. The van der Waals surface area contributed by atoms with Gasteiger partial charge in [0, 0.05) is 15.3 Å². The zero-order valence-electron chi connectivity index (χ0n) is 17.1. The van der Waals surface area contributed by atoms with E-state index in [0.717, 1.165) is 9.13 Å². The normalized spacial score (nSPS) is 16.0. The Morgan fingerprint density at radius 2 is 1.64 bits per heavy atom. The number of nitro groups is 1. The third-order valence-electron chi connectivity index (χ3n) is 5.23. The first-order chi connectivity index (χ1) is 15.9. The number of halogens is 1. The molecule has 1 unspecified atom stereocenters. The highest BCUT2D eigenvalue weighted by atomic mass is 127. The molecular formula is C25H17IN2O5. The maximum Gasteiger partial charge on any atom is 0.294 e. The molecule has 1 atom stereocenters. The lowest BCUT2D eigenvalue weighted by Gasteiger charge is -2.26. The Labute approximate surface area is 203 Å². The summed E-state index contributed by atoms with van der Waals surface area (Å²) in [5.41, 5.74) is 0.838. The van der Waals surface area contributed by atoms with Gasteiger partial charge in [-0.05, 0) is 64.6 Å². The van der Waals surface area contributed by atoms with Crippen LogP contribution in [0, 0.1) is 13.7 Å². The molecule has 0 aliphatic carbocycles. The van der Waals surface area contributed by atoms with Gasteiger partial charge in [0.05, 0.1) is 16.1 Å². The molecule has 3 aromatic rings. The van der Waals surface area contributed by atoms with Crippen LogP contribution in [0.1, 0.15) is 17.2 Å². The highest BCUT2D eigenvalue weighted by Crippen LogP contribution is 2.44. The standard InChI is InChI=1S/C25H17IN2O5/c26-17-11-13-18(14-12-17)27-23(19-8-4-5-9-20(19)28(32)33)22(24(30)25(27)31)21(29)15-10-16-6-2-1-3-7-16/h1-15,23,30H. The lowest BCUT2D eigenvalue weighted by Crippen LogP contribution is -2.31. The van der Waals surface area contributed by atoms with Gasteiger partial charge in [0.1, 0.15) is 6.04 Å². The van der Waals surface area contributed by atoms with Crippen LogP contribution < -0.4 is 4.90 Å². The molecule has 7 nitrogen and oxygen atoms in total. The average Bonchev–Trinajstić information content (AvgIpc) is 3.09. The predicted octanol–water partition coefficient (Wildman–Crippen LogP) is 5.38. The maximum absolute atomic E-state index is 13.2. The summed E-state index contributed by atoms with van der Waals surface area (Å²) in [6.07, 6.45) is 2.82. The third kappa shape index (κ3) is 4.42. The molecule has 0 saturated heterocycles. The molecule has 0 aromatic heterocycles. The van der Waals surface area contributed by atoms with E-state index in [9.17, 15) is 24.8 Å². The number of aliphatic hydroxyl groups excluding tert-OH is 1. The highest BCUT2D eigenvalue weighted by molar-refractivity contribution is 14.1. The number of allylic oxidation sites excluding steroid dienone is 1. The number of carbonyl (C=O) groups excluding carboxylic acids is 2. The van der Waals surface area contributed by atoms with E-state index in [2.05, 4.69) is 22.6 Å². The van der Waals surface area contributed by atoms with Gasteiger partial charge in [0.2, 0.25) is 0 Å². The number of rotatable bonds is 6. The molecule has 4 rings (SSSR count). The molecule has 0 saturated carbocycles. The summed E-state index contributed by atoms with van der Waals surface area (Å²) in [7, 11) is 0. The van der Waals surface area contributed by atoms with E-state index in [1.807, 2.05) is 18.2 Å². The van der Waals surface area contributed by atoms with Crippen LogP contribution in [-0.2, 0) is 9.59 Å². The fraction of sp³-hybridized carbons (Fsp3) is 0.0400. The van der Waals surface area contributed by atoms with Gasteiger partial charge in [-0.25, -0.2) is 0 Å². The molecule has 0 bridgehead atoms. The Bertz CT molecular complexity index is 1300. The number of hydrogen-bond acceptors (Lipinski definition) is 5. The first kappa shape index (κ1) is 22.4. The monoisotopic (exact) mass is 552 g/mol. The van der Waals surface area contributed by atoms with Gasteiger partial charge >= 0.3 is 0 Å². The summed E-state index contributed by atoms with van der Waals surface area (Å²) >= 11 is 2.12. The molecule has 1 N–H and O–H groups in total. The van der Waals surface area contributed by atoms with E-state index in [0.29, 0.717) is 5.69 Å². The van der Waals surface area contributed by atoms with Crippen molar-refractivity contribution < 1.29 is 19.6 Å². The minimum atomic E-state index is -1.16. The number of ketones is 1. The quantitative estimate of drug-likeness (QED) is 0.192. The Hall–Kier alpha value is -3.79. The first-order valence-corrected chi connectivity index (χ1v) is 11.0. The maximum atomic E-state index is 13.2. The largest absolute Gasteiger partial charge is 0.503 e. The van der Waals surface area contributed by atoms with Crippen molar-refractivity contribution in [2.75, 3.05) is 4.90 Å². The Morgan fingerprint density at radius 1 is 1.00 bits per heavy atom. The van der Waals surface area contributed by atoms with Gasteiger partial charge in [-0.3, -0.25) is 24.6 Å². The predicted molar refractivity (Wildman–Crippen MR) is 133 cm³/mol. The molecular weight excluding hydrogens is 535 g/mol. The summed E-state index contributed by atoms with van der Waals surface area (Å²) in [5.74, 6) is -2.13. The van der Waals surface area contributed by atoms with Gasteiger partial charge in [-0.15, -0.1) is 0 Å². The molecule has 1 aliphatic heterocycles. The lowest BCUT2D eigenvalue weighted by molar-refractivity contribution is -0.385. The van der Waals surface area contributed by atoms with Gasteiger partial charge in [0.25, 0.3) is 11.6 Å². The topological polar surface area (TPSA) is 101 Å². The number of para-hydroxylation sites is 1. The van der Waals surface area contributed by atoms with Gasteiger partial charge in [-0.1, -0.05) is 48.5 Å². The first-order valence-electron chi connectivity index (χ1n) is 9.91. The van der Waals surface area contributed by atoms with Crippen LogP contribution in [0.25, 0.3) is 6.08 Å². The zero-order valence-corrected chi connectivity index (χ0v) is 19.2. The van der Waals surface area contributed by atoms with Crippen molar-refractivity contribution in [1.29, 1.82) is 0 Å². The Morgan fingerprint density at radius 3 is 2.30 bits per heavy atom. The van der Waals surface area contributed by atoms with Gasteiger partial charge in [0.15, 0.2) is 11.5 Å². The van der Waals surface area contributed by atoms with Crippen LogP contribution >= 0.6 is 22.6 Å². The van der Waals surface area contributed by atoms with E-state index < -0.39 is 28.4 Å². The minimum Gasteiger partial charge on any atom is -0.503 e. The fourth-order valence-electron chi connectivity index (χ4n) is 3.73. The summed E-state index contributed by atoms with van der Waals surface area (Å²) in [5, 5.41) is 22.5. The SMILES string of the molecule is O=C(C=Cc1ccccc1)C1=C(O)C(=O)N(c2ccc(I)cc2)C1c1ccccc1[N+](=O)[O-]. The summed E-state index contributed by atoms with van der Waals surface area (Å²) in [6, 6.07) is 20.7. The molecule has 0 fully saturated rings. The van der Waals surface area contributed by atoms with Crippen LogP contribution in [0.4, 0.5) is 11.4 Å². The number of hydrogen-bond donors (Lipinski definition) is 1. The Kier molecular flexibility index (Phi) is 6.36. The molecule has 1 aliphatic rings. The molecule has 0 radical (unpaired) electrons. The van der Waals surface area contributed by atoms with Crippen molar-refractivity contribution in [1.82, 2.24) is 0 Å². The highest BCUT2D eigenvalue weighted by Gasteiger charge is 2.46. The average molecular weight is 552 g/mol. The van der Waals surface area contributed by atoms with E-state index in [4.69, 9.17) is 0 Å². The summed E-state index contributed by atoms with van der Waals surface area (Å²) < 4.78 is 0.921. The number of carbonyl (C=O) groups is 2. The van der Waals surface area contributed by atoms with Crippen molar-refractivity contribution >= 4 is 51.7 Å². The smallest absolute Gasteiger partial charge is 0.294 e. The zero-order chi connectivity index (χ0) is 23.5. The minimum absolute atomic E-state index is 0.134. The van der Waals surface area contributed by atoms with Crippen molar-refractivity contribution in [3.63, 3.8) is 0 Å². The van der Waals surface area contributed by atoms with E-state index in [1.54, 1.807) is 48.5 Å². The molecule has 1 heterocycles.